The quantitative estimate of drug-likeness (QED) is 0.592. The van der Waals surface area contributed by atoms with Crippen molar-refractivity contribution in [1.82, 2.24) is 0 Å². The van der Waals surface area contributed by atoms with E-state index >= 15 is 0 Å². The summed E-state index contributed by atoms with van der Waals surface area (Å²) >= 11 is 0. The molecule has 0 atom stereocenters. The standard InChI is InChI=1S/C15H14O2/c16-15-13-11-9-7-5-3-1-2-4-6-8-10-12-14-17-15/h1-14H. The molecule has 0 amide bonds. The van der Waals surface area contributed by atoms with Crippen molar-refractivity contribution in [2.24, 2.45) is 0 Å². The number of hydrogen-bond acceptors (Lipinski definition) is 2. The molecule has 0 saturated carbocycles. The molecule has 0 saturated heterocycles. The fourth-order valence-corrected chi connectivity index (χ4v) is 0.967. The Morgan fingerprint density at radius 3 is 1.53 bits per heavy atom. The molecular weight excluding hydrogens is 212 g/mol. The monoisotopic (exact) mass is 226 g/mol. The Balaban J connectivity index is 2.70. The molecule has 0 radical (unpaired) electrons. The fraction of sp³-hybridized carbons (Fsp3) is 0. The number of esters is 1. The van der Waals surface area contributed by atoms with E-state index in [-0.39, 0.29) is 0 Å². The Hall–Kier alpha value is -2.35. The number of rotatable bonds is 0. The lowest BCUT2D eigenvalue weighted by Gasteiger charge is -1.89. The summed E-state index contributed by atoms with van der Waals surface area (Å²) in [5.74, 6) is -0.397. The maximum absolute atomic E-state index is 11.1. The molecule has 0 N–H and O–H groups in total. The number of ether oxygens (including phenoxy) is 1. The van der Waals surface area contributed by atoms with Crippen LogP contribution in [0.3, 0.4) is 0 Å². The third kappa shape index (κ3) is 7.56. The fourth-order valence-electron chi connectivity index (χ4n) is 0.967. The molecule has 2 heteroatoms. The zero-order chi connectivity index (χ0) is 12.2. The molecule has 2 nitrogen and oxygen atoms in total. The van der Waals surface area contributed by atoms with Crippen LogP contribution < -0.4 is 0 Å². The van der Waals surface area contributed by atoms with E-state index in [9.17, 15) is 4.79 Å². The zero-order valence-corrected chi connectivity index (χ0v) is 9.40. The molecule has 1 aliphatic rings. The van der Waals surface area contributed by atoms with Gasteiger partial charge >= 0.3 is 5.97 Å². The van der Waals surface area contributed by atoms with Crippen molar-refractivity contribution in [3.63, 3.8) is 0 Å². The van der Waals surface area contributed by atoms with E-state index in [2.05, 4.69) is 0 Å². The lowest BCUT2D eigenvalue weighted by atomic mass is 10.3. The predicted molar refractivity (Wildman–Crippen MR) is 70.1 cm³/mol. The van der Waals surface area contributed by atoms with Gasteiger partial charge in [0.1, 0.15) is 0 Å². The van der Waals surface area contributed by atoms with Gasteiger partial charge in [0.05, 0.1) is 6.26 Å². The van der Waals surface area contributed by atoms with Crippen molar-refractivity contribution in [2.45, 2.75) is 0 Å². The van der Waals surface area contributed by atoms with E-state index in [0.717, 1.165) is 0 Å². The van der Waals surface area contributed by atoms with Gasteiger partial charge in [-0.3, -0.25) is 0 Å². The van der Waals surface area contributed by atoms with Crippen molar-refractivity contribution < 1.29 is 9.53 Å². The second-order valence-corrected chi connectivity index (χ2v) is 3.05. The van der Waals surface area contributed by atoms with Gasteiger partial charge in [0.25, 0.3) is 0 Å². The average molecular weight is 226 g/mol. The average Bonchev–Trinajstić information content (AvgIpc) is 2.32. The smallest absolute Gasteiger partial charge is 0.335 e. The second-order valence-electron chi connectivity index (χ2n) is 3.05. The molecule has 0 aromatic rings. The topological polar surface area (TPSA) is 26.3 Å². The molecule has 0 fully saturated rings. The van der Waals surface area contributed by atoms with Crippen LogP contribution >= 0.6 is 0 Å². The molecular formula is C15H14O2. The van der Waals surface area contributed by atoms with E-state index in [1.807, 2.05) is 48.6 Å². The summed E-state index contributed by atoms with van der Waals surface area (Å²) in [7, 11) is 0. The molecule has 0 bridgehead atoms. The minimum atomic E-state index is -0.397. The van der Waals surface area contributed by atoms with Gasteiger partial charge in [0.2, 0.25) is 0 Å². The first kappa shape index (κ1) is 12.7. The van der Waals surface area contributed by atoms with Crippen molar-refractivity contribution in [3.05, 3.63) is 85.3 Å². The predicted octanol–water partition coefficient (Wildman–Crippen LogP) is 3.39. The highest BCUT2D eigenvalue weighted by Crippen LogP contribution is 1.89. The normalized spacial score (nSPS) is 16.4. The van der Waals surface area contributed by atoms with Gasteiger partial charge in [-0.25, -0.2) is 4.79 Å². The number of cyclic esters (lactones) is 1. The molecule has 0 aliphatic carbocycles. The van der Waals surface area contributed by atoms with E-state index in [0.29, 0.717) is 0 Å². The molecule has 86 valence electrons. The SMILES string of the molecule is O=C1C=CC=CC=CC=CC=CC=CC=CO1. The minimum absolute atomic E-state index is 0.397. The van der Waals surface area contributed by atoms with Crippen LogP contribution in [0, 0.1) is 0 Å². The first-order chi connectivity index (χ1) is 8.39. The third-order valence-corrected chi connectivity index (χ3v) is 1.72. The Bertz CT molecular complexity index is 430. The van der Waals surface area contributed by atoms with Gasteiger partial charge in [0.15, 0.2) is 0 Å². The number of carbonyl (C=O) groups is 1. The lowest BCUT2D eigenvalue weighted by Crippen LogP contribution is -1.92. The number of allylic oxidation sites excluding steroid dienone is 12. The number of carbonyl (C=O) groups excluding carboxylic acids is 1. The highest BCUT2D eigenvalue weighted by molar-refractivity contribution is 5.82. The van der Waals surface area contributed by atoms with E-state index in [4.69, 9.17) is 4.74 Å². The molecule has 0 unspecified atom stereocenters. The van der Waals surface area contributed by atoms with Crippen LogP contribution in [0.1, 0.15) is 0 Å². The van der Waals surface area contributed by atoms with Crippen LogP contribution in [0.4, 0.5) is 0 Å². The highest BCUT2D eigenvalue weighted by Gasteiger charge is 1.89. The highest BCUT2D eigenvalue weighted by atomic mass is 16.5. The molecule has 1 heterocycles. The van der Waals surface area contributed by atoms with Gasteiger partial charge < -0.3 is 4.74 Å². The molecule has 1 aliphatic heterocycles. The Morgan fingerprint density at radius 1 is 0.588 bits per heavy atom. The minimum Gasteiger partial charge on any atom is -0.431 e. The van der Waals surface area contributed by atoms with Crippen LogP contribution in [0.15, 0.2) is 85.3 Å². The van der Waals surface area contributed by atoms with Gasteiger partial charge in [-0.05, 0) is 6.08 Å². The maximum Gasteiger partial charge on any atom is 0.335 e. The summed E-state index contributed by atoms with van der Waals surface area (Å²) in [5, 5.41) is 0. The first-order valence-corrected chi connectivity index (χ1v) is 5.27. The Morgan fingerprint density at radius 2 is 1.00 bits per heavy atom. The van der Waals surface area contributed by atoms with Crippen molar-refractivity contribution in [3.8, 4) is 0 Å². The van der Waals surface area contributed by atoms with E-state index < -0.39 is 5.97 Å². The molecule has 1 rings (SSSR count). The maximum atomic E-state index is 11.1. The van der Waals surface area contributed by atoms with Crippen LogP contribution in [-0.2, 0) is 9.53 Å². The summed E-state index contributed by atoms with van der Waals surface area (Å²) in [6.45, 7) is 0. The molecule has 0 aromatic carbocycles. The van der Waals surface area contributed by atoms with Crippen LogP contribution in [-0.4, -0.2) is 5.97 Å². The molecule has 17 heavy (non-hydrogen) atoms. The zero-order valence-electron chi connectivity index (χ0n) is 9.40. The largest absolute Gasteiger partial charge is 0.431 e. The van der Waals surface area contributed by atoms with Crippen molar-refractivity contribution in [2.75, 3.05) is 0 Å². The summed E-state index contributed by atoms with van der Waals surface area (Å²) in [6, 6.07) is 0. The third-order valence-electron chi connectivity index (χ3n) is 1.72. The Kier molecular flexibility index (Phi) is 6.67. The Labute approximate surface area is 101 Å². The second kappa shape index (κ2) is 8.92. The van der Waals surface area contributed by atoms with E-state index in [1.54, 1.807) is 24.3 Å². The van der Waals surface area contributed by atoms with Gasteiger partial charge in [0, 0.05) is 6.08 Å². The molecule has 0 aromatic heterocycles. The van der Waals surface area contributed by atoms with Gasteiger partial charge in [-0.2, -0.15) is 0 Å². The van der Waals surface area contributed by atoms with E-state index in [1.165, 1.54) is 12.3 Å². The van der Waals surface area contributed by atoms with Crippen LogP contribution in [0.2, 0.25) is 0 Å². The summed E-state index contributed by atoms with van der Waals surface area (Å²) < 4.78 is 4.80. The lowest BCUT2D eigenvalue weighted by molar-refractivity contribution is -0.132. The number of hydrogen-bond donors (Lipinski definition) is 0. The summed E-state index contributed by atoms with van der Waals surface area (Å²) in [6.07, 6.45) is 24.7. The van der Waals surface area contributed by atoms with Crippen LogP contribution in [0.25, 0.3) is 0 Å². The summed E-state index contributed by atoms with van der Waals surface area (Å²) in [5.41, 5.74) is 0. The first-order valence-electron chi connectivity index (χ1n) is 5.27. The van der Waals surface area contributed by atoms with Crippen molar-refractivity contribution >= 4 is 5.97 Å². The van der Waals surface area contributed by atoms with Gasteiger partial charge in [-0.1, -0.05) is 66.8 Å². The summed E-state index contributed by atoms with van der Waals surface area (Å²) in [4.78, 5) is 11.1. The van der Waals surface area contributed by atoms with Gasteiger partial charge in [-0.15, -0.1) is 0 Å². The van der Waals surface area contributed by atoms with Crippen molar-refractivity contribution in [1.29, 1.82) is 0 Å². The van der Waals surface area contributed by atoms with Crippen LogP contribution in [0.5, 0.6) is 0 Å². The molecule has 0 spiro atoms.